The van der Waals surface area contributed by atoms with Crippen molar-refractivity contribution < 1.29 is 19.1 Å². The molecule has 0 N–H and O–H groups in total. The fourth-order valence-corrected chi connectivity index (χ4v) is 3.75. The molecule has 2 amide bonds. The fourth-order valence-electron chi connectivity index (χ4n) is 3.57. The first-order chi connectivity index (χ1) is 13.9. The summed E-state index contributed by atoms with van der Waals surface area (Å²) < 4.78 is 5.08. The minimum Gasteiger partial charge on any atom is -0.461 e. The molecule has 0 aromatic heterocycles. The Bertz CT molecular complexity index is 1030. The Hall–Kier alpha value is -3.19. The molecule has 0 aliphatic carbocycles. The second-order valence-electron chi connectivity index (χ2n) is 6.80. The predicted molar refractivity (Wildman–Crippen MR) is 109 cm³/mol. The molecule has 2 aliphatic heterocycles. The van der Waals surface area contributed by atoms with Crippen LogP contribution in [0.25, 0.3) is 0 Å². The van der Waals surface area contributed by atoms with Crippen LogP contribution >= 0.6 is 11.6 Å². The van der Waals surface area contributed by atoms with Crippen molar-refractivity contribution in [3.05, 3.63) is 59.1 Å². The van der Waals surface area contributed by atoms with Crippen LogP contribution in [0, 0.1) is 12.8 Å². The quantitative estimate of drug-likeness (QED) is 0.571. The normalized spacial score (nSPS) is 20.7. The van der Waals surface area contributed by atoms with Crippen LogP contribution < -0.4 is 9.91 Å². The van der Waals surface area contributed by atoms with E-state index in [-0.39, 0.29) is 12.3 Å². The second kappa shape index (κ2) is 7.33. The number of rotatable bonds is 4. The van der Waals surface area contributed by atoms with E-state index in [2.05, 4.69) is 5.10 Å². The van der Waals surface area contributed by atoms with Crippen LogP contribution in [0.4, 0.5) is 11.4 Å². The predicted octanol–water partition coefficient (Wildman–Crippen LogP) is 2.95. The minimum absolute atomic E-state index is 0.0789. The molecule has 0 radical (unpaired) electrons. The molecule has 2 aliphatic rings. The fraction of sp³-hybridized carbons (Fsp3) is 0.238. The number of benzene rings is 2. The van der Waals surface area contributed by atoms with Gasteiger partial charge >= 0.3 is 5.97 Å². The van der Waals surface area contributed by atoms with Crippen LogP contribution in [0.3, 0.4) is 0 Å². The van der Waals surface area contributed by atoms with Gasteiger partial charge in [-0.25, -0.2) is 9.69 Å². The highest BCUT2D eigenvalue weighted by Crippen LogP contribution is 2.38. The molecule has 2 heterocycles. The Morgan fingerprint density at radius 2 is 1.83 bits per heavy atom. The van der Waals surface area contributed by atoms with Crippen molar-refractivity contribution in [1.82, 2.24) is 0 Å². The first kappa shape index (κ1) is 19.1. The molecular weight excluding hydrogens is 394 g/mol. The van der Waals surface area contributed by atoms with Gasteiger partial charge in [-0.3, -0.25) is 14.6 Å². The summed E-state index contributed by atoms with van der Waals surface area (Å²) in [6.45, 7) is 3.72. The molecule has 0 bridgehead atoms. The second-order valence-corrected chi connectivity index (χ2v) is 7.24. The van der Waals surface area contributed by atoms with Gasteiger partial charge in [0.25, 0.3) is 5.91 Å². The van der Waals surface area contributed by atoms with Crippen molar-refractivity contribution in [2.24, 2.45) is 11.0 Å². The van der Waals surface area contributed by atoms with Gasteiger partial charge in [0.15, 0.2) is 5.71 Å². The van der Waals surface area contributed by atoms with E-state index in [4.69, 9.17) is 16.3 Å². The van der Waals surface area contributed by atoms with Gasteiger partial charge in [-0.15, -0.1) is 0 Å². The molecule has 0 saturated carbocycles. The Labute approximate surface area is 172 Å². The molecule has 2 atom stereocenters. The topological polar surface area (TPSA) is 79.3 Å². The maximum absolute atomic E-state index is 13.3. The Morgan fingerprint density at radius 1 is 1.10 bits per heavy atom. The first-order valence-corrected chi connectivity index (χ1v) is 9.55. The van der Waals surface area contributed by atoms with Crippen molar-refractivity contribution in [3.8, 4) is 0 Å². The summed E-state index contributed by atoms with van der Waals surface area (Å²) >= 11 is 6.09. The largest absolute Gasteiger partial charge is 0.461 e. The third-order valence-electron chi connectivity index (χ3n) is 4.90. The van der Waals surface area contributed by atoms with Crippen molar-refractivity contribution >= 4 is 46.5 Å². The van der Waals surface area contributed by atoms with Crippen molar-refractivity contribution in [3.63, 3.8) is 0 Å². The maximum atomic E-state index is 13.3. The third kappa shape index (κ3) is 3.17. The van der Waals surface area contributed by atoms with E-state index >= 15 is 0 Å². The summed E-state index contributed by atoms with van der Waals surface area (Å²) in [6, 6.07) is 12.8. The Kier molecular flexibility index (Phi) is 4.84. The lowest BCUT2D eigenvalue weighted by Gasteiger charge is -2.22. The number of anilines is 2. The lowest BCUT2D eigenvalue weighted by molar-refractivity contribution is -0.136. The van der Waals surface area contributed by atoms with Gasteiger partial charge in [0, 0.05) is 5.02 Å². The molecule has 1 saturated heterocycles. The molecular formula is C21H18ClN3O4. The van der Waals surface area contributed by atoms with Crippen molar-refractivity contribution in [2.45, 2.75) is 19.9 Å². The number of hydrogen-bond donors (Lipinski definition) is 0. The number of amides is 2. The first-order valence-electron chi connectivity index (χ1n) is 9.17. The number of carbonyl (C=O) groups is 3. The lowest BCUT2D eigenvalue weighted by Crippen LogP contribution is -2.39. The minimum atomic E-state index is -1.04. The van der Waals surface area contributed by atoms with Gasteiger partial charge in [0.2, 0.25) is 5.91 Å². The van der Waals surface area contributed by atoms with Crippen LogP contribution in [0.2, 0.25) is 5.02 Å². The van der Waals surface area contributed by atoms with E-state index in [9.17, 15) is 14.4 Å². The Morgan fingerprint density at radius 3 is 2.48 bits per heavy atom. The summed E-state index contributed by atoms with van der Waals surface area (Å²) in [4.78, 5) is 40.1. The zero-order valence-electron chi connectivity index (χ0n) is 15.8. The van der Waals surface area contributed by atoms with E-state index in [0.717, 1.165) is 10.5 Å². The summed E-state index contributed by atoms with van der Waals surface area (Å²) in [5, 5.41) is 6.13. The highest BCUT2D eigenvalue weighted by Gasteiger charge is 2.59. The van der Waals surface area contributed by atoms with Crippen LogP contribution in [-0.4, -0.2) is 36.1 Å². The van der Waals surface area contributed by atoms with Crippen molar-refractivity contribution in [2.75, 3.05) is 16.5 Å². The molecule has 1 fully saturated rings. The molecule has 29 heavy (non-hydrogen) atoms. The van der Waals surface area contributed by atoms with E-state index in [1.165, 1.54) is 5.01 Å². The molecule has 0 unspecified atom stereocenters. The molecule has 4 rings (SSSR count). The zero-order valence-corrected chi connectivity index (χ0v) is 16.6. The summed E-state index contributed by atoms with van der Waals surface area (Å²) in [6.07, 6.45) is 0. The number of halogens is 1. The van der Waals surface area contributed by atoms with Gasteiger partial charge in [0.05, 0.1) is 18.0 Å². The summed E-state index contributed by atoms with van der Waals surface area (Å²) in [5.41, 5.74) is 1.89. The molecule has 148 valence electrons. The molecule has 2 aromatic carbocycles. The standard InChI is InChI=1S/C21H18ClN3O4/c1-3-29-21(28)17-16-18(25(23-17)15-6-4-5-13(22)11-15)20(27)24(19(16)26)14-9-7-12(2)8-10-14/h4-11,16,18H,3H2,1-2H3/t16-,18+/m0/s1. The molecule has 8 heteroatoms. The maximum Gasteiger partial charge on any atom is 0.355 e. The van der Waals surface area contributed by atoms with Gasteiger partial charge in [-0.2, -0.15) is 5.10 Å². The lowest BCUT2D eigenvalue weighted by atomic mass is 9.98. The van der Waals surface area contributed by atoms with Crippen molar-refractivity contribution in [1.29, 1.82) is 0 Å². The number of nitrogens with zero attached hydrogens (tertiary/aromatic N) is 3. The van der Waals surface area contributed by atoms with E-state index in [0.29, 0.717) is 16.4 Å². The SMILES string of the molecule is CCOC(=O)C1=NN(c2cccc(Cl)c2)[C@H]2C(=O)N(c3ccc(C)cc3)C(=O)[C@@H]12. The zero-order chi connectivity index (χ0) is 20.7. The number of esters is 1. The number of aryl methyl sites for hydroxylation is 1. The number of ether oxygens (including phenoxy) is 1. The van der Waals surface area contributed by atoms with Gasteiger partial charge in [0.1, 0.15) is 12.0 Å². The van der Waals surface area contributed by atoms with E-state index in [1.807, 2.05) is 19.1 Å². The Balaban J connectivity index is 1.79. The monoisotopic (exact) mass is 411 g/mol. The number of hydrazone groups is 1. The number of fused-ring (bicyclic) bond motifs is 1. The van der Waals surface area contributed by atoms with Crippen LogP contribution in [0.15, 0.2) is 53.6 Å². The number of hydrogen-bond acceptors (Lipinski definition) is 6. The molecule has 2 aromatic rings. The van der Waals surface area contributed by atoms with Crippen LogP contribution in [0.1, 0.15) is 12.5 Å². The van der Waals surface area contributed by atoms with Gasteiger partial charge in [-0.1, -0.05) is 35.4 Å². The summed E-state index contributed by atoms with van der Waals surface area (Å²) in [7, 11) is 0. The average Bonchev–Trinajstić information content (AvgIpc) is 3.21. The van der Waals surface area contributed by atoms with E-state index in [1.54, 1.807) is 43.3 Å². The van der Waals surface area contributed by atoms with Crippen LogP contribution in [-0.2, 0) is 19.1 Å². The van der Waals surface area contributed by atoms with E-state index < -0.39 is 29.7 Å². The smallest absolute Gasteiger partial charge is 0.355 e. The highest BCUT2D eigenvalue weighted by atomic mass is 35.5. The highest BCUT2D eigenvalue weighted by molar-refractivity contribution is 6.47. The van der Waals surface area contributed by atoms with Gasteiger partial charge < -0.3 is 4.74 Å². The number of carbonyl (C=O) groups excluding carboxylic acids is 3. The van der Waals surface area contributed by atoms with Gasteiger partial charge in [-0.05, 0) is 44.2 Å². The molecule has 0 spiro atoms. The van der Waals surface area contributed by atoms with Crippen LogP contribution in [0.5, 0.6) is 0 Å². The average molecular weight is 412 g/mol. The molecule has 7 nitrogen and oxygen atoms in total. The summed E-state index contributed by atoms with van der Waals surface area (Å²) in [5.74, 6) is -2.70. The third-order valence-corrected chi connectivity index (χ3v) is 5.13. The number of imide groups is 1.